The molecule has 0 aromatic heterocycles. The summed E-state index contributed by atoms with van der Waals surface area (Å²) in [5.74, 6) is -0.885. The Kier molecular flexibility index (Phi) is 4.43. The van der Waals surface area contributed by atoms with E-state index in [-0.39, 0.29) is 0 Å². The molecule has 0 amide bonds. The highest BCUT2D eigenvalue weighted by Gasteiger charge is 2.23. The zero-order chi connectivity index (χ0) is 15.5. The molecule has 0 fully saturated rings. The van der Waals surface area contributed by atoms with Crippen LogP contribution in [0.2, 0.25) is 19.6 Å². The second-order valence-electron chi connectivity index (χ2n) is 6.07. The molecule has 0 bridgehead atoms. The maximum Gasteiger partial charge on any atom is 0.336 e. The average Bonchev–Trinajstić information content (AvgIpc) is 2.45. The fourth-order valence-electron chi connectivity index (χ4n) is 2.34. The Bertz CT molecular complexity index is 667. The molecule has 0 aliphatic rings. The topological polar surface area (TPSA) is 37.3 Å². The van der Waals surface area contributed by atoms with E-state index in [1.165, 1.54) is 5.19 Å². The first-order valence-corrected chi connectivity index (χ1v) is 10.5. The van der Waals surface area contributed by atoms with Gasteiger partial charge in [-0.3, -0.25) is 0 Å². The molecular formula is C18H20O2Si. The van der Waals surface area contributed by atoms with Crippen molar-refractivity contribution >= 4 is 30.9 Å². The third-order valence-corrected chi connectivity index (χ3v) is 5.42. The van der Waals surface area contributed by atoms with E-state index in [9.17, 15) is 9.90 Å². The first-order chi connectivity index (χ1) is 9.89. The predicted molar refractivity (Wildman–Crippen MR) is 91.4 cm³/mol. The van der Waals surface area contributed by atoms with Crippen LogP contribution >= 0.6 is 0 Å². The Hall–Kier alpha value is -2.13. The summed E-state index contributed by atoms with van der Waals surface area (Å²) in [7, 11) is -1.61. The van der Waals surface area contributed by atoms with Gasteiger partial charge >= 0.3 is 5.97 Å². The molecule has 3 heteroatoms. The van der Waals surface area contributed by atoms with E-state index in [2.05, 4.69) is 25.7 Å². The highest BCUT2D eigenvalue weighted by molar-refractivity contribution is 6.89. The van der Waals surface area contributed by atoms with Crippen LogP contribution in [0.25, 0.3) is 11.6 Å². The third kappa shape index (κ3) is 3.70. The van der Waals surface area contributed by atoms with Gasteiger partial charge in [0.15, 0.2) is 0 Å². The van der Waals surface area contributed by atoms with Crippen molar-refractivity contribution in [2.24, 2.45) is 0 Å². The standard InChI is InChI=1S/C18H20O2Si/c1-21(2,3)17-12-8-7-11-15(17)16(18(19)20)13-14-9-5-4-6-10-14/h4-13H,1-3H3,(H,19,20)/b16-13-. The van der Waals surface area contributed by atoms with E-state index in [1.54, 1.807) is 6.08 Å². The molecule has 0 atom stereocenters. The molecule has 0 aliphatic heterocycles. The van der Waals surface area contributed by atoms with E-state index < -0.39 is 14.0 Å². The van der Waals surface area contributed by atoms with Crippen LogP contribution in [0, 0.1) is 0 Å². The van der Waals surface area contributed by atoms with Gasteiger partial charge in [-0.05, 0) is 17.2 Å². The summed E-state index contributed by atoms with van der Waals surface area (Å²) in [5, 5.41) is 10.8. The quantitative estimate of drug-likeness (QED) is 0.528. The van der Waals surface area contributed by atoms with Crippen molar-refractivity contribution in [3.05, 3.63) is 65.7 Å². The van der Waals surface area contributed by atoms with Gasteiger partial charge in [-0.15, -0.1) is 0 Å². The lowest BCUT2D eigenvalue weighted by molar-refractivity contribution is -0.130. The van der Waals surface area contributed by atoms with Crippen molar-refractivity contribution in [3.8, 4) is 0 Å². The Labute approximate surface area is 126 Å². The summed E-state index contributed by atoms with van der Waals surface area (Å²) in [4.78, 5) is 11.7. The molecular weight excluding hydrogens is 276 g/mol. The highest BCUT2D eigenvalue weighted by Crippen LogP contribution is 2.20. The Morgan fingerprint density at radius 3 is 2.10 bits per heavy atom. The number of hydrogen-bond acceptors (Lipinski definition) is 1. The molecule has 1 N–H and O–H groups in total. The van der Waals surface area contributed by atoms with Gasteiger partial charge in [-0.1, -0.05) is 79.4 Å². The minimum Gasteiger partial charge on any atom is -0.478 e. The first kappa shape index (κ1) is 15.3. The van der Waals surface area contributed by atoms with Crippen LogP contribution in [-0.2, 0) is 4.79 Å². The SMILES string of the molecule is C[Si](C)(C)c1ccccc1/C(=C/c1ccccc1)C(=O)O. The van der Waals surface area contributed by atoms with Gasteiger partial charge in [0.1, 0.15) is 0 Å². The summed E-state index contributed by atoms with van der Waals surface area (Å²) in [5.41, 5.74) is 2.10. The van der Waals surface area contributed by atoms with Gasteiger partial charge in [0.05, 0.1) is 13.6 Å². The van der Waals surface area contributed by atoms with Crippen molar-refractivity contribution in [2.45, 2.75) is 19.6 Å². The molecule has 21 heavy (non-hydrogen) atoms. The van der Waals surface area contributed by atoms with Gasteiger partial charge in [0.2, 0.25) is 0 Å². The lowest BCUT2D eigenvalue weighted by Gasteiger charge is -2.21. The van der Waals surface area contributed by atoms with Gasteiger partial charge < -0.3 is 5.11 Å². The molecule has 0 unspecified atom stereocenters. The number of carboxylic acid groups (broad SMARTS) is 1. The number of hydrogen-bond donors (Lipinski definition) is 1. The van der Waals surface area contributed by atoms with Gasteiger partial charge in [0.25, 0.3) is 0 Å². The van der Waals surface area contributed by atoms with E-state index in [4.69, 9.17) is 0 Å². The molecule has 2 aromatic rings. The maximum absolute atomic E-state index is 11.7. The number of carboxylic acids is 1. The van der Waals surface area contributed by atoms with Crippen LogP contribution in [-0.4, -0.2) is 19.1 Å². The molecule has 0 saturated carbocycles. The van der Waals surface area contributed by atoms with E-state index in [1.807, 2.05) is 48.5 Å². The van der Waals surface area contributed by atoms with Crippen LogP contribution in [0.5, 0.6) is 0 Å². The maximum atomic E-state index is 11.7. The van der Waals surface area contributed by atoms with Gasteiger partial charge in [0, 0.05) is 0 Å². The molecule has 0 radical (unpaired) electrons. The lowest BCUT2D eigenvalue weighted by atomic mass is 10.0. The highest BCUT2D eigenvalue weighted by atomic mass is 28.3. The van der Waals surface area contributed by atoms with Crippen molar-refractivity contribution < 1.29 is 9.90 Å². The van der Waals surface area contributed by atoms with E-state index in [0.717, 1.165) is 11.1 Å². The molecule has 2 rings (SSSR count). The van der Waals surface area contributed by atoms with Crippen LogP contribution in [0.1, 0.15) is 11.1 Å². The molecule has 0 saturated heterocycles. The predicted octanol–water partition coefficient (Wildman–Crippen LogP) is 3.86. The number of rotatable bonds is 4. The van der Waals surface area contributed by atoms with Crippen LogP contribution < -0.4 is 5.19 Å². The Morgan fingerprint density at radius 1 is 0.952 bits per heavy atom. The average molecular weight is 296 g/mol. The van der Waals surface area contributed by atoms with Crippen molar-refractivity contribution in [1.29, 1.82) is 0 Å². The minimum atomic E-state index is -1.61. The molecule has 0 aliphatic carbocycles. The molecule has 108 valence electrons. The van der Waals surface area contributed by atoms with E-state index in [0.29, 0.717) is 5.57 Å². The number of carbonyl (C=O) groups is 1. The minimum absolute atomic E-state index is 0.360. The zero-order valence-corrected chi connectivity index (χ0v) is 13.6. The second kappa shape index (κ2) is 6.10. The molecule has 0 spiro atoms. The normalized spacial score (nSPS) is 12.2. The largest absolute Gasteiger partial charge is 0.478 e. The summed E-state index contributed by atoms with van der Waals surface area (Å²) in [6, 6.07) is 17.4. The lowest BCUT2D eigenvalue weighted by Crippen LogP contribution is -2.40. The van der Waals surface area contributed by atoms with Crippen molar-refractivity contribution in [2.75, 3.05) is 0 Å². The summed E-state index contributed by atoms with van der Waals surface area (Å²) >= 11 is 0. The van der Waals surface area contributed by atoms with Crippen LogP contribution in [0.3, 0.4) is 0 Å². The van der Waals surface area contributed by atoms with Crippen LogP contribution in [0.15, 0.2) is 54.6 Å². The fourth-order valence-corrected chi connectivity index (χ4v) is 3.96. The Balaban J connectivity index is 2.61. The summed E-state index contributed by atoms with van der Waals surface area (Å²) in [6.07, 6.45) is 1.75. The molecule has 2 nitrogen and oxygen atoms in total. The third-order valence-electron chi connectivity index (χ3n) is 3.37. The zero-order valence-electron chi connectivity index (χ0n) is 12.6. The van der Waals surface area contributed by atoms with E-state index >= 15 is 0 Å². The Morgan fingerprint density at radius 2 is 1.52 bits per heavy atom. The van der Waals surface area contributed by atoms with Gasteiger partial charge in [-0.2, -0.15) is 0 Å². The second-order valence-corrected chi connectivity index (χ2v) is 11.1. The summed E-state index contributed by atoms with van der Waals surface area (Å²) < 4.78 is 0. The first-order valence-electron chi connectivity index (χ1n) is 6.99. The van der Waals surface area contributed by atoms with Crippen molar-refractivity contribution in [1.82, 2.24) is 0 Å². The molecule has 0 heterocycles. The fraction of sp³-hybridized carbons (Fsp3) is 0.167. The monoisotopic (exact) mass is 296 g/mol. The van der Waals surface area contributed by atoms with Crippen LogP contribution in [0.4, 0.5) is 0 Å². The summed E-state index contributed by atoms with van der Waals surface area (Å²) in [6.45, 7) is 6.69. The van der Waals surface area contributed by atoms with Gasteiger partial charge in [-0.25, -0.2) is 4.79 Å². The smallest absolute Gasteiger partial charge is 0.336 e. The molecule has 2 aromatic carbocycles. The number of benzene rings is 2. The van der Waals surface area contributed by atoms with Crippen molar-refractivity contribution in [3.63, 3.8) is 0 Å². The number of aliphatic carboxylic acids is 1.